The van der Waals surface area contributed by atoms with Crippen LogP contribution in [-0.4, -0.2) is 38.5 Å². The number of benzene rings is 2. The van der Waals surface area contributed by atoms with Gasteiger partial charge in [-0.25, -0.2) is 8.42 Å². The summed E-state index contributed by atoms with van der Waals surface area (Å²) in [6.45, 7) is -0.0215. The number of amides is 1. The van der Waals surface area contributed by atoms with Crippen LogP contribution in [0.25, 0.3) is 0 Å². The van der Waals surface area contributed by atoms with Crippen LogP contribution in [0.5, 0.6) is 5.75 Å². The summed E-state index contributed by atoms with van der Waals surface area (Å²) < 4.78 is 30.4. The molecule has 1 N–H and O–H groups in total. The molecule has 0 saturated heterocycles. The van der Waals surface area contributed by atoms with Crippen molar-refractivity contribution in [2.24, 2.45) is 0 Å². The van der Waals surface area contributed by atoms with Gasteiger partial charge in [-0.1, -0.05) is 48.0 Å². The van der Waals surface area contributed by atoms with Gasteiger partial charge in [0.15, 0.2) is 0 Å². The highest BCUT2D eigenvalue weighted by Crippen LogP contribution is 2.19. The minimum absolute atomic E-state index is 0.0284. The topological polar surface area (TPSA) is 75.7 Å². The molecular weight excluding hydrogens is 376 g/mol. The van der Waals surface area contributed by atoms with Crippen molar-refractivity contribution in [1.82, 2.24) is 9.62 Å². The smallest absolute Gasteiger partial charge is 0.235 e. The monoisotopic (exact) mass is 396 g/mol. The van der Waals surface area contributed by atoms with Crippen molar-refractivity contribution in [2.45, 2.75) is 13.1 Å². The summed E-state index contributed by atoms with van der Waals surface area (Å²) >= 11 is 6.09. The highest BCUT2D eigenvalue weighted by molar-refractivity contribution is 7.88. The lowest BCUT2D eigenvalue weighted by Gasteiger charge is -2.20. The molecule has 2 rings (SSSR count). The quantitative estimate of drug-likeness (QED) is 0.743. The Morgan fingerprint density at radius 1 is 1.12 bits per heavy atom. The molecule has 0 saturated carbocycles. The average molecular weight is 397 g/mol. The molecule has 2 aromatic rings. The maximum atomic E-state index is 12.3. The number of sulfonamides is 1. The van der Waals surface area contributed by atoms with Crippen LogP contribution in [0.15, 0.2) is 48.5 Å². The van der Waals surface area contributed by atoms with Crippen LogP contribution in [0.1, 0.15) is 11.1 Å². The highest BCUT2D eigenvalue weighted by atomic mass is 35.5. The third-order valence-corrected chi connectivity index (χ3v) is 5.33. The van der Waals surface area contributed by atoms with Crippen molar-refractivity contribution in [3.05, 3.63) is 64.7 Å². The average Bonchev–Trinajstić information content (AvgIpc) is 2.60. The molecule has 0 aromatic heterocycles. The highest BCUT2D eigenvalue weighted by Gasteiger charge is 2.21. The summed E-state index contributed by atoms with van der Waals surface area (Å²) in [7, 11) is -2.03. The van der Waals surface area contributed by atoms with Crippen LogP contribution in [0.3, 0.4) is 0 Å². The maximum absolute atomic E-state index is 12.3. The fourth-order valence-corrected chi connectivity index (χ4v) is 3.29. The fourth-order valence-electron chi connectivity index (χ4n) is 2.37. The first kappa shape index (κ1) is 20.2. The van der Waals surface area contributed by atoms with Gasteiger partial charge in [0.25, 0.3) is 0 Å². The lowest BCUT2D eigenvalue weighted by atomic mass is 10.2. The van der Waals surface area contributed by atoms with E-state index in [1.807, 2.05) is 18.2 Å². The van der Waals surface area contributed by atoms with E-state index in [1.54, 1.807) is 37.4 Å². The summed E-state index contributed by atoms with van der Waals surface area (Å²) in [6.07, 6.45) is 1.07. The third kappa shape index (κ3) is 5.72. The van der Waals surface area contributed by atoms with E-state index in [-0.39, 0.29) is 19.6 Å². The van der Waals surface area contributed by atoms with Gasteiger partial charge >= 0.3 is 0 Å². The molecule has 8 heteroatoms. The first-order valence-electron chi connectivity index (χ1n) is 7.88. The number of rotatable bonds is 8. The molecule has 6 nitrogen and oxygen atoms in total. The summed E-state index contributed by atoms with van der Waals surface area (Å²) in [4.78, 5) is 12.3. The molecule has 0 fully saturated rings. The number of nitrogens with zero attached hydrogens (tertiary/aromatic N) is 1. The number of carbonyl (C=O) groups is 1. The van der Waals surface area contributed by atoms with E-state index < -0.39 is 15.9 Å². The van der Waals surface area contributed by atoms with Gasteiger partial charge in [-0.15, -0.1) is 0 Å². The van der Waals surface area contributed by atoms with Crippen LogP contribution in [0.2, 0.25) is 5.02 Å². The molecule has 0 spiro atoms. The number of halogens is 1. The van der Waals surface area contributed by atoms with E-state index in [4.69, 9.17) is 16.3 Å². The number of para-hydroxylation sites is 1. The van der Waals surface area contributed by atoms with E-state index in [1.165, 1.54) is 0 Å². The van der Waals surface area contributed by atoms with Crippen molar-refractivity contribution in [1.29, 1.82) is 0 Å². The molecule has 2 aromatic carbocycles. The number of hydrogen-bond donors (Lipinski definition) is 1. The molecule has 0 atom stereocenters. The van der Waals surface area contributed by atoms with E-state index in [2.05, 4.69) is 5.32 Å². The summed E-state index contributed by atoms with van der Waals surface area (Å²) in [6, 6.07) is 14.2. The first-order chi connectivity index (χ1) is 12.3. The molecule has 26 heavy (non-hydrogen) atoms. The Bertz CT molecular complexity index is 871. The zero-order valence-electron chi connectivity index (χ0n) is 14.6. The van der Waals surface area contributed by atoms with Crippen molar-refractivity contribution in [3.8, 4) is 5.75 Å². The lowest BCUT2D eigenvalue weighted by Crippen LogP contribution is -2.39. The minimum atomic E-state index is -3.58. The van der Waals surface area contributed by atoms with Gasteiger partial charge in [0.2, 0.25) is 15.9 Å². The minimum Gasteiger partial charge on any atom is -0.496 e. The molecule has 0 aliphatic rings. The van der Waals surface area contributed by atoms with E-state index in [0.29, 0.717) is 16.3 Å². The summed E-state index contributed by atoms with van der Waals surface area (Å²) in [5, 5.41) is 3.17. The summed E-state index contributed by atoms with van der Waals surface area (Å²) in [5.74, 6) is 0.247. The first-order valence-corrected chi connectivity index (χ1v) is 10.1. The zero-order chi connectivity index (χ0) is 19.2. The van der Waals surface area contributed by atoms with E-state index in [0.717, 1.165) is 16.1 Å². The van der Waals surface area contributed by atoms with Crippen molar-refractivity contribution in [3.63, 3.8) is 0 Å². The normalized spacial score (nSPS) is 11.4. The Morgan fingerprint density at radius 3 is 2.35 bits per heavy atom. The van der Waals surface area contributed by atoms with Crippen molar-refractivity contribution >= 4 is 27.5 Å². The molecule has 0 aliphatic heterocycles. The van der Waals surface area contributed by atoms with Crippen molar-refractivity contribution < 1.29 is 17.9 Å². The predicted molar refractivity (Wildman–Crippen MR) is 102 cm³/mol. The van der Waals surface area contributed by atoms with Gasteiger partial charge in [0.1, 0.15) is 5.75 Å². The zero-order valence-corrected chi connectivity index (χ0v) is 16.2. The standard InChI is InChI=1S/C18H21ClN2O4S/c1-25-17-10-6-4-7-14(17)11-20-18(22)13-21(26(2,23)24)12-15-8-3-5-9-16(15)19/h3-10H,11-13H2,1-2H3,(H,20,22). The van der Waals surface area contributed by atoms with Gasteiger partial charge < -0.3 is 10.1 Å². The molecule has 0 aliphatic carbocycles. The number of ether oxygens (including phenoxy) is 1. The molecule has 0 heterocycles. The Balaban J connectivity index is 2.04. The van der Waals surface area contributed by atoms with Gasteiger partial charge in [-0.2, -0.15) is 4.31 Å². The largest absolute Gasteiger partial charge is 0.496 e. The van der Waals surface area contributed by atoms with Crippen LogP contribution in [0.4, 0.5) is 0 Å². The van der Waals surface area contributed by atoms with Gasteiger partial charge in [0, 0.05) is 23.7 Å². The molecule has 140 valence electrons. The van der Waals surface area contributed by atoms with Gasteiger partial charge in [-0.05, 0) is 17.7 Å². The number of hydrogen-bond acceptors (Lipinski definition) is 4. The molecular formula is C18H21ClN2O4S. The summed E-state index contributed by atoms with van der Waals surface area (Å²) in [5.41, 5.74) is 1.44. The van der Waals surface area contributed by atoms with E-state index in [9.17, 15) is 13.2 Å². The lowest BCUT2D eigenvalue weighted by molar-refractivity contribution is -0.121. The Morgan fingerprint density at radius 2 is 1.73 bits per heavy atom. The molecule has 0 unspecified atom stereocenters. The molecule has 0 radical (unpaired) electrons. The van der Waals surface area contributed by atoms with Crippen LogP contribution >= 0.6 is 11.6 Å². The second kappa shape index (κ2) is 9.02. The van der Waals surface area contributed by atoms with Crippen LogP contribution in [-0.2, 0) is 27.9 Å². The SMILES string of the molecule is COc1ccccc1CNC(=O)CN(Cc1ccccc1Cl)S(C)(=O)=O. The number of nitrogens with one attached hydrogen (secondary N) is 1. The third-order valence-electron chi connectivity index (χ3n) is 3.76. The number of carbonyl (C=O) groups excluding carboxylic acids is 1. The van der Waals surface area contributed by atoms with E-state index >= 15 is 0 Å². The number of methoxy groups -OCH3 is 1. The predicted octanol–water partition coefficient (Wildman–Crippen LogP) is 2.43. The Hall–Kier alpha value is -2.09. The van der Waals surface area contributed by atoms with Gasteiger partial charge in [-0.3, -0.25) is 4.79 Å². The van der Waals surface area contributed by atoms with Crippen molar-refractivity contribution in [2.75, 3.05) is 19.9 Å². The van der Waals surface area contributed by atoms with Gasteiger partial charge in [0.05, 0.1) is 19.9 Å². The second-order valence-electron chi connectivity index (χ2n) is 5.71. The molecule has 0 bridgehead atoms. The second-order valence-corrected chi connectivity index (χ2v) is 8.10. The molecule has 1 amide bonds. The fraction of sp³-hybridized carbons (Fsp3) is 0.278. The maximum Gasteiger partial charge on any atom is 0.235 e. The van der Waals surface area contributed by atoms with Crippen LogP contribution < -0.4 is 10.1 Å². The van der Waals surface area contributed by atoms with Crippen LogP contribution in [0, 0.1) is 0 Å². The Labute approximate surface area is 158 Å². The Kier molecular flexibility index (Phi) is 7.02.